The Hall–Kier alpha value is -2.61. The molecule has 24 heavy (non-hydrogen) atoms. The number of piperidine rings is 1. The molecule has 1 fully saturated rings. The van der Waals surface area contributed by atoms with Gasteiger partial charge in [-0.1, -0.05) is 11.6 Å². The third-order valence-electron chi connectivity index (χ3n) is 4.34. The van der Waals surface area contributed by atoms with Gasteiger partial charge in [0.2, 0.25) is 11.7 Å². The van der Waals surface area contributed by atoms with Crippen molar-refractivity contribution in [2.45, 2.75) is 38.4 Å². The summed E-state index contributed by atoms with van der Waals surface area (Å²) in [7, 11) is 0. The molecule has 0 aromatic carbocycles. The Morgan fingerprint density at radius 2 is 2.25 bits per heavy atom. The van der Waals surface area contributed by atoms with E-state index in [0.29, 0.717) is 24.3 Å². The van der Waals surface area contributed by atoms with Crippen LogP contribution in [0.3, 0.4) is 0 Å². The van der Waals surface area contributed by atoms with Gasteiger partial charge in [0.05, 0.1) is 13.1 Å². The van der Waals surface area contributed by atoms with Gasteiger partial charge in [-0.15, -0.1) is 0 Å². The summed E-state index contributed by atoms with van der Waals surface area (Å²) >= 11 is 0. The van der Waals surface area contributed by atoms with Gasteiger partial charge in [-0.2, -0.15) is 10.1 Å². The molecule has 0 spiro atoms. The van der Waals surface area contributed by atoms with E-state index in [4.69, 9.17) is 4.52 Å². The fourth-order valence-corrected chi connectivity index (χ4v) is 3.12. The van der Waals surface area contributed by atoms with Gasteiger partial charge in [0, 0.05) is 24.0 Å². The average molecular weight is 325 g/mol. The minimum Gasteiger partial charge on any atom is -0.338 e. The van der Waals surface area contributed by atoms with Gasteiger partial charge in [0.1, 0.15) is 12.7 Å². The Balaban J connectivity index is 1.46. The molecule has 0 aliphatic carbocycles. The van der Waals surface area contributed by atoms with Crippen LogP contribution in [0.5, 0.6) is 0 Å². The fourth-order valence-electron chi connectivity index (χ4n) is 3.12. The maximum atomic E-state index is 5.44. The smallest absolute Gasteiger partial charge is 0.241 e. The first-order chi connectivity index (χ1) is 11.9. The lowest BCUT2D eigenvalue weighted by molar-refractivity contribution is 0.108. The van der Waals surface area contributed by atoms with Crippen LogP contribution in [0, 0.1) is 0 Å². The van der Waals surface area contributed by atoms with E-state index in [1.165, 1.54) is 12.8 Å². The highest BCUT2D eigenvalue weighted by Gasteiger charge is 2.25. The van der Waals surface area contributed by atoms with E-state index in [1.807, 2.05) is 16.8 Å². The highest BCUT2D eigenvalue weighted by atomic mass is 16.5. The molecule has 0 radical (unpaired) electrons. The molecule has 1 atom stereocenters. The number of nitrogens with zero attached hydrogens (tertiary/aromatic N) is 7. The lowest BCUT2D eigenvalue weighted by Gasteiger charge is -2.34. The van der Waals surface area contributed by atoms with Gasteiger partial charge in [0.25, 0.3) is 0 Å². The summed E-state index contributed by atoms with van der Waals surface area (Å²) < 4.78 is 7.33. The molecular formula is C16H19N7O. The summed E-state index contributed by atoms with van der Waals surface area (Å²) in [5.74, 6) is 1.22. The van der Waals surface area contributed by atoms with Crippen LogP contribution < -0.4 is 0 Å². The molecule has 0 N–H and O–H groups in total. The van der Waals surface area contributed by atoms with Gasteiger partial charge in [-0.05, 0) is 31.5 Å². The normalized spacial score (nSPS) is 18.8. The first-order valence-corrected chi connectivity index (χ1v) is 8.18. The third kappa shape index (κ3) is 3.33. The van der Waals surface area contributed by atoms with Crippen molar-refractivity contribution in [1.29, 1.82) is 0 Å². The van der Waals surface area contributed by atoms with Gasteiger partial charge in [-0.25, -0.2) is 4.98 Å². The lowest BCUT2D eigenvalue weighted by atomic mass is 10.0. The van der Waals surface area contributed by atoms with E-state index in [2.05, 4.69) is 30.1 Å². The second-order valence-electron chi connectivity index (χ2n) is 5.99. The van der Waals surface area contributed by atoms with Crippen LogP contribution >= 0.6 is 0 Å². The number of rotatable bonds is 5. The van der Waals surface area contributed by atoms with Crippen molar-refractivity contribution in [2.75, 3.05) is 6.54 Å². The summed E-state index contributed by atoms with van der Waals surface area (Å²) in [6.45, 7) is 2.53. The zero-order valence-corrected chi connectivity index (χ0v) is 13.3. The van der Waals surface area contributed by atoms with E-state index < -0.39 is 0 Å². The molecule has 124 valence electrons. The lowest BCUT2D eigenvalue weighted by Crippen LogP contribution is -2.41. The number of likely N-dealkylation sites (tertiary alicyclic amines) is 1. The zero-order valence-electron chi connectivity index (χ0n) is 13.3. The van der Waals surface area contributed by atoms with Crippen molar-refractivity contribution < 1.29 is 4.52 Å². The fraction of sp³-hybridized carbons (Fsp3) is 0.438. The minimum absolute atomic E-state index is 0.411. The summed E-state index contributed by atoms with van der Waals surface area (Å²) in [5.41, 5.74) is 0.866. The van der Waals surface area contributed by atoms with E-state index in [0.717, 1.165) is 25.1 Å². The quantitative estimate of drug-likeness (QED) is 0.706. The molecule has 0 saturated carbocycles. The number of pyridine rings is 1. The van der Waals surface area contributed by atoms with Gasteiger partial charge in [-0.3, -0.25) is 14.6 Å². The largest absolute Gasteiger partial charge is 0.338 e. The van der Waals surface area contributed by atoms with Crippen molar-refractivity contribution in [3.63, 3.8) is 0 Å². The molecule has 8 nitrogen and oxygen atoms in total. The van der Waals surface area contributed by atoms with Crippen molar-refractivity contribution >= 4 is 0 Å². The molecule has 0 bridgehead atoms. The topological polar surface area (TPSA) is 85.8 Å². The zero-order chi connectivity index (χ0) is 16.2. The maximum Gasteiger partial charge on any atom is 0.241 e. The molecule has 4 rings (SSSR count). The molecule has 0 amide bonds. The first kappa shape index (κ1) is 14.9. The standard InChI is InChI=1S/C16H19N7O/c1-2-7-22(14(5-1)9-23-12-18-11-19-23)10-15-20-16(21-24-15)13-4-3-6-17-8-13/h3-4,6,8,11-12,14H,1-2,5,7,9-10H2/t14-/m0/s1. The van der Waals surface area contributed by atoms with Crippen molar-refractivity contribution in [2.24, 2.45) is 0 Å². The predicted molar refractivity (Wildman–Crippen MR) is 85.6 cm³/mol. The number of hydrogen-bond acceptors (Lipinski definition) is 7. The number of hydrogen-bond donors (Lipinski definition) is 0. The van der Waals surface area contributed by atoms with E-state index in [1.54, 1.807) is 25.0 Å². The molecule has 1 aliphatic heterocycles. The maximum absolute atomic E-state index is 5.44. The van der Waals surface area contributed by atoms with Crippen LogP contribution in [0.15, 0.2) is 41.7 Å². The van der Waals surface area contributed by atoms with E-state index in [9.17, 15) is 0 Å². The third-order valence-corrected chi connectivity index (χ3v) is 4.34. The summed E-state index contributed by atoms with van der Waals surface area (Å²) in [6.07, 6.45) is 10.4. The van der Waals surface area contributed by atoms with Crippen molar-refractivity contribution in [1.82, 2.24) is 34.8 Å². The van der Waals surface area contributed by atoms with Crippen LogP contribution in [0.2, 0.25) is 0 Å². The highest BCUT2D eigenvalue weighted by Crippen LogP contribution is 2.21. The SMILES string of the molecule is c1cncc(-c2noc(CN3CCCC[C@H]3Cn3cncn3)n2)c1. The minimum atomic E-state index is 0.411. The Bertz CT molecular complexity index is 756. The summed E-state index contributed by atoms with van der Waals surface area (Å²) in [5, 5.41) is 8.29. The molecule has 1 aliphatic rings. The van der Waals surface area contributed by atoms with Crippen LogP contribution in [0.4, 0.5) is 0 Å². The monoisotopic (exact) mass is 325 g/mol. The summed E-state index contributed by atoms with van der Waals surface area (Å²) in [6, 6.07) is 4.20. The molecular weight excluding hydrogens is 306 g/mol. The van der Waals surface area contributed by atoms with Gasteiger partial charge in [0.15, 0.2) is 0 Å². The average Bonchev–Trinajstić information content (AvgIpc) is 3.29. The summed E-state index contributed by atoms with van der Waals surface area (Å²) in [4.78, 5) is 15.0. The molecule has 3 aromatic heterocycles. The second kappa shape index (κ2) is 6.88. The van der Waals surface area contributed by atoms with E-state index in [-0.39, 0.29) is 0 Å². The first-order valence-electron chi connectivity index (χ1n) is 8.18. The van der Waals surface area contributed by atoms with Crippen LogP contribution in [-0.4, -0.2) is 47.4 Å². The molecule has 8 heteroatoms. The van der Waals surface area contributed by atoms with Crippen LogP contribution in [0.1, 0.15) is 25.2 Å². The molecule has 4 heterocycles. The van der Waals surface area contributed by atoms with Crippen LogP contribution in [-0.2, 0) is 13.1 Å². The number of aromatic nitrogens is 6. The predicted octanol–water partition coefficient (Wildman–Crippen LogP) is 1.78. The van der Waals surface area contributed by atoms with Crippen molar-refractivity contribution in [3.05, 3.63) is 43.1 Å². The molecule has 1 saturated heterocycles. The Kier molecular flexibility index (Phi) is 4.28. The second-order valence-corrected chi connectivity index (χ2v) is 5.99. The van der Waals surface area contributed by atoms with Crippen molar-refractivity contribution in [3.8, 4) is 11.4 Å². The molecule has 3 aromatic rings. The van der Waals surface area contributed by atoms with Gasteiger partial charge >= 0.3 is 0 Å². The van der Waals surface area contributed by atoms with E-state index >= 15 is 0 Å². The van der Waals surface area contributed by atoms with Gasteiger partial charge < -0.3 is 4.52 Å². The Morgan fingerprint density at radius 3 is 3.08 bits per heavy atom. The Labute approximate surface area is 139 Å². The van der Waals surface area contributed by atoms with Crippen LogP contribution in [0.25, 0.3) is 11.4 Å². The Morgan fingerprint density at radius 1 is 1.25 bits per heavy atom. The molecule has 0 unspecified atom stereocenters. The highest BCUT2D eigenvalue weighted by molar-refractivity contribution is 5.51.